The first kappa shape index (κ1) is 39.9. The van der Waals surface area contributed by atoms with Gasteiger partial charge in [-0.05, 0) is 129 Å². The Morgan fingerprint density at radius 1 is 0.615 bits per heavy atom. The van der Waals surface area contributed by atoms with Crippen LogP contribution in [0, 0.1) is 23.5 Å². The Balaban J connectivity index is 0.000000201. The van der Waals surface area contributed by atoms with E-state index >= 15 is 0 Å². The first-order valence-electron chi connectivity index (χ1n) is 17.9. The third-order valence-corrected chi connectivity index (χ3v) is 14.1. The number of nitrogens with zero attached hydrogens (tertiary/aromatic N) is 2. The van der Waals surface area contributed by atoms with Crippen LogP contribution in [-0.2, 0) is 20.0 Å². The maximum Gasteiger partial charge on any atom is 0.295 e. The van der Waals surface area contributed by atoms with E-state index in [1.165, 1.54) is 24.3 Å². The molecule has 0 saturated heterocycles. The fraction of sp³-hybridized carbons (Fsp3) is 0.611. The molecule has 2 aromatic heterocycles. The summed E-state index contributed by atoms with van der Waals surface area (Å²) in [5.74, 6) is -0.0253. The molecule has 2 fully saturated rings. The molecule has 0 amide bonds. The summed E-state index contributed by atoms with van der Waals surface area (Å²) in [7, 11) is -6.60. The molecular formula is C36H52F2N6O6S2. The number of rotatable bonds is 10. The van der Waals surface area contributed by atoms with Crippen molar-refractivity contribution in [2.75, 3.05) is 23.7 Å². The summed E-state index contributed by atoms with van der Waals surface area (Å²) in [6.45, 7) is 11.1. The van der Waals surface area contributed by atoms with Crippen LogP contribution in [0.25, 0.3) is 22.2 Å². The number of fused-ring (bicyclic) bond motifs is 2. The Labute approximate surface area is 305 Å². The molecule has 2 saturated carbocycles. The lowest BCUT2D eigenvalue weighted by Gasteiger charge is -2.29. The zero-order valence-corrected chi connectivity index (χ0v) is 32.4. The molecule has 6 rings (SSSR count). The maximum atomic E-state index is 13.2. The van der Waals surface area contributed by atoms with Gasteiger partial charge in [0.25, 0.3) is 12.0 Å². The molecule has 0 radical (unpaired) electrons. The quantitative estimate of drug-likeness (QED) is 0.128. The van der Waals surface area contributed by atoms with Gasteiger partial charge in [-0.15, -0.1) is 0 Å². The summed E-state index contributed by atoms with van der Waals surface area (Å²) in [5.41, 5.74) is 2.11. The van der Waals surface area contributed by atoms with Crippen molar-refractivity contribution in [3.63, 3.8) is 0 Å². The zero-order valence-electron chi connectivity index (χ0n) is 30.8. The first-order chi connectivity index (χ1) is 24.3. The van der Waals surface area contributed by atoms with E-state index < -0.39 is 29.5 Å². The molecule has 4 aromatic rings. The highest BCUT2D eigenvalue weighted by molar-refractivity contribution is 7.91. The van der Waals surface area contributed by atoms with E-state index in [0.717, 1.165) is 51.4 Å². The number of sulfonamides is 2. The fourth-order valence-electron chi connectivity index (χ4n) is 6.18. The minimum absolute atomic E-state index is 0.225. The second kappa shape index (κ2) is 15.9. The van der Waals surface area contributed by atoms with Crippen LogP contribution in [-0.4, -0.2) is 61.5 Å². The summed E-state index contributed by atoms with van der Waals surface area (Å²) in [5, 5.41) is 6.54. The minimum atomic E-state index is -3.30. The molecule has 2 aromatic carbocycles. The Bertz CT molecular complexity index is 1880. The van der Waals surface area contributed by atoms with Crippen LogP contribution in [0.4, 0.5) is 20.8 Å². The Kier molecular flexibility index (Phi) is 12.2. The van der Waals surface area contributed by atoms with E-state index in [2.05, 4.69) is 30.0 Å². The zero-order chi connectivity index (χ0) is 37.9. The molecule has 52 heavy (non-hydrogen) atoms. The topological polar surface area (TPSA) is 168 Å². The number of anilines is 2. The summed E-state index contributed by atoms with van der Waals surface area (Å²) < 4.78 is 90.0. The van der Waals surface area contributed by atoms with Gasteiger partial charge in [-0.3, -0.25) is 0 Å². The van der Waals surface area contributed by atoms with Crippen LogP contribution in [0.5, 0.6) is 0 Å². The van der Waals surface area contributed by atoms with Gasteiger partial charge in [-0.25, -0.2) is 35.1 Å². The van der Waals surface area contributed by atoms with Gasteiger partial charge in [0, 0.05) is 37.3 Å². The van der Waals surface area contributed by atoms with Gasteiger partial charge in [0.1, 0.15) is 22.7 Å². The van der Waals surface area contributed by atoms with Crippen molar-refractivity contribution in [2.45, 2.75) is 114 Å². The molecule has 16 heteroatoms. The molecule has 2 heterocycles. The van der Waals surface area contributed by atoms with E-state index in [4.69, 9.17) is 8.83 Å². The Morgan fingerprint density at radius 2 is 0.962 bits per heavy atom. The molecule has 0 bridgehead atoms. The lowest BCUT2D eigenvalue weighted by Crippen LogP contribution is -2.42. The van der Waals surface area contributed by atoms with E-state index in [1.54, 1.807) is 53.7 Å². The van der Waals surface area contributed by atoms with E-state index in [9.17, 15) is 25.6 Å². The van der Waals surface area contributed by atoms with E-state index in [0.29, 0.717) is 59.2 Å². The van der Waals surface area contributed by atoms with Crippen molar-refractivity contribution in [3.8, 4) is 0 Å². The third kappa shape index (κ3) is 10.4. The van der Waals surface area contributed by atoms with Crippen molar-refractivity contribution >= 4 is 54.3 Å². The summed E-state index contributed by atoms with van der Waals surface area (Å²) in [4.78, 5) is 8.65. The van der Waals surface area contributed by atoms with Crippen LogP contribution in [0.1, 0.15) is 92.9 Å². The molecular weight excluding hydrogens is 715 g/mol. The first-order valence-corrected chi connectivity index (χ1v) is 20.9. The van der Waals surface area contributed by atoms with Gasteiger partial charge in [0.05, 0.1) is 9.49 Å². The van der Waals surface area contributed by atoms with Crippen LogP contribution < -0.4 is 20.1 Å². The maximum absolute atomic E-state index is 13.2. The minimum Gasteiger partial charge on any atom is -0.423 e. The van der Waals surface area contributed by atoms with Gasteiger partial charge >= 0.3 is 0 Å². The molecule has 0 spiro atoms. The number of oxazole rings is 2. The SMILES string of the molecule is CC(C)(C)S(=O)(=O)NCC1CCC(Nc2nc3ccc(F)cc3o2)CC1.CC(C)(C)S(=O)(=O)NCC1CCC(Nc2nc3ccc(F)cc3o2)CC1. The lowest BCUT2D eigenvalue weighted by molar-refractivity contribution is 0.333. The second-order valence-corrected chi connectivity index (χ2v) is 21.0. The fourth-order valence-corrected chi connectivity index (χ4v) is 7.96. The van der Waals surface area contributed by atoms with E-state index in [1.807, 2.05) is 0 Å². The second-order valence-electron chi connectivity index (χ2n) is 15.9. The average Bonchev–Trinajstić information content (AvgIpc) is 3.65. The van der Waals surface area contributed by atoms with Crippen molar-refractivity contribution < 1.29 is 34.5 Å². The van der Waals surface area contributed by atoms with Gasteiger partial charge in [0.15, 0.2) is 11.2 Å². The van der Waals surface area contributed by atoms with Crippen LogP contribution in [0.3, 0.4) is 0 Å². The van der Waals surface area contributed by atoms with Gasteiger partial charge in [-0.2, -0.15) is 9.97 Å². The predicted molar refractivity (Wildman–Crippen MR) is 200 cm³/mol. The van der Waals surface area contributed by atoms with Gasteiger partial charge < -0.3 is 19.5 Å². The highest BCUT2D eigenvalue weighted by atomic mass is 32.2. The largest absolute Gasteiger partial charge is 0.423 e. The van der Waals surface area contributed by atoms with Gasteiger partial charge in [0.2, 0.25) is 20.0 Å². The van der Waals surface area contributed by atoms with Crippen LogP contribution in [0.2, 0.25) is 0 Å². The van der Waals surface area contributed by atoms with Crippen molar-refractivity contribution in [1.82, 2.24) is 19.4 Å². The lowest BCUT2D eigenvalue weighted by atomic mass is 9.86. The standard InChI is InChI=1S/2C18H26FN3O3S/c2*1-18(2,3)26(23,24)20-11-12-4-7-14(8-5-12)21-17-22-15-9-6-13(19)10-16(15)25-17/h2*6,9-10,12,14,20H,4-5,7-8,11H2,1-3H3,(H,21,22). The number of halogens is 2. The highest BCUT2D eigenvalue weighted by Crippen LogP contribution is 2.30. The number of aromatic nitrogens is 2. The highest BCUT2D eigenvalue weighted by Gasteiger charge is 2.32. The Morgan fingerprint density at radius 3 is 1.29 bits per heavy atom. The van der Waals surface area contributed by atoms with Crippen molar-refractivity contribution in [1.29, 1.82) is 0 Å². The number of hydrogen-bond acceptors (Lipinski definition) is 10. The normalized spacial score (nSPS) is 21.8. The monoisotopic (exact) mass is 766 g/mol. The smallest absolute Gasteiger partial charge is 0.295 e. The summed E-state index contributed by atoms with van der Waals surface area (Å²) >= 11 is 0. The number of benzene rings is 2. The molecule has 0 atom stereocenters. The molecule has 4 N–H and O–H groups in total. The molecule has 2 aliphatic carbocycles. The molecule has 0 unspecified atom stereocenters. The van der Waals surface area contributed by atoms with Gasteiger partial charge in [-0.1, -0.05) is 0 Å². The number of nitrogens with one attached hydrogen (secondary N) is 4. The summed E-state index contributed by atoms with van der Waals surface area (Å²) in [6, 6.07) is 9.82. The molecule has 0 aliphatic heterocycles. The average molecular weight is 767 g/mol. The Hall–Kier alpha value is -3.34. The third-order valence-electron chi connectivity index (χ3n) is 9.79. The van der Waals surface area contributed by atoms with Crippen LogP contribution in [0.15, 0.2) is 45.2 Å². The van der Waals surface area contributed by atoms with Crippen molar-refractivity contribution in [3.05, 3.63) is 48.0 Å². The van der Waals surface area contributed by atoms with E-state index in [-0.39, 0.29) is 23.7 Å². The number of hydrogen-bond donors (Lipinski definition) is 4. The van der Waals surface area contributed by atoms with Crippen LogP contribution >= 0.6 is 0 Å². The molecule has 2 aliphatic rings. The predicted octanol–water partition coefficient (Wildman–Crippen LogP) is 7.31. The summed E-state index contributed by atoms with van der Waals surface area (Å²) in [6.07, 6.45) is 7.37. The molecule has 288 valence electrons. The molecule has 12 nitrogen and oxygen atoms in total. The van der Waals surface area contributed by atoms with Crippen molar-refractivity contribution in [2.24, 2.45) is 11.8 Å².